The molecule has 8 nitrogen and oxygen atoms in total. The molecule has 2 N–H and O–H groups in total. The van der Waals surface area contributed by atoms with Gasteiger partial charge in [-0.15, -0.1) is 10.2 Å². The Balaban J connectivity index is 1.66. The third kappa shape index (κ3) is 5.01. The fourth-order valence-corrected chi connectivity index (χ4v) is 4.52. The predicted molar refractivity (Wildman–Crippen MR) is 105 cm³/mol. The number of nitrogens with zero attached hydrogens (tertiary/aromatic N) is 4. The number of alkyl halides is 2. The zero-order valence-corrected chi connectivity index (χ0v) is 18.8. The SMILES string of the molecule is O=P(O)(O)C(F)(F)c1ccc(CSc2nnc(Cn3cnc(Cl)c3Cl)o2)cc1Br. The molecular formula is C14H10BrCl2F2N4O4PS. The number of thioether (sulfide) groups is 1. The van der Waals surface area contributed by atoms with E-state index in [4.69, 9.17) is 37.4 Å². The van der Waals surface area contributed by atoms with Gasteiger partial charge in [-0.05, 0) is 11.6 Å². The normalized spacial score (nSPS) is 12.5. The summed E-state index contributed by atoms with van der Waals surface area (Å²) in [6.45, 7) is 0.170. The molecule has 0 aliphatic carbocycles. The molecule has 0 atom stereocenters. The minimum absolute atomic E-state index is 0.123. The van der Waals surface area contributed by atoms with E-state index < -0.39 is 18.8 Å². The molecule has 0 bridgehead atoms. The van der Waals surface area contributed by atoms with Crippen LogP contribution < -0.4 is 0 Å². The van der Waals surface area contributed by atoms with Gasteiger partial charge in [-0.2, -0.15) is 8.78 Å². The van der Waals surface area contributed by atoms with Crippen molar-refractivity contribution in [3.63, 3.8) is 0 Å². The lowest BCUT2D eigenvalue weighted by molar-refractivity contribution is 0.0557. The lowest BCUT2D eigenvalue weighted by atomic mass is 10.1. The van der Waals surface area contributed by atoms with Crippen molar-refractivity contribution in [2.75, 3.05) is 0 Å². The van der Waals surface area contributed by atoms with Crippen LogP contribution in [0.15, 0.2) is 38.6 Å². The Labute approximate surface area is 184 Å². The van der Waals surface area contributed by atoms with E-state index in [-0.39, 0.29) is 32.4 Å². The number of imidazole rings is 1. The minimum Gasteiger partial charge on any atom is -0.414 e. The summed E-state index contributed by atoms with van der Waals surface area (Å²) < 4.78 is 45.6. The molecule has 3 aromatic rings. The van der Waals surface area contributed by atoms with Gasteiger partial charge in [0.1, 0.15) is 11.7 Å². The molecule has 15 heteroatoms. The van der Waals surface area contributed by atoms with Gasteiger partial charge < -0.3 is 18.8 Å². The molecule has 0 saturated carbocycles. The second kappa shape index (κ2) is 8.62. The van der Waals surface area contributed by atoms with Crippen molar-refractivity contribution in [1.29, 1.82) is 0 Å². The maximum absolute atomic E-state index is 13.9. The van der Waals surface area contributed by atoms with Crippen molar-refractivity contribution < 1.29 is 27.5 Å². The van der Waals surface area contributed by atoms with E-state index in [9.17, 15) is 13.3 Å². The van der Waals surface area contributed by atoms with Gasteiger partial charge in [0.25, 0.3) is 5.22 Å². The van der Waals surface area contributed by atoms with Crippen molar-refractivity contribution in [2.24, 2.45) is 0 Å². The quantitative estimate of drug-likeness (QED) is 0.316. The topological polar surface area (TPSA) is 114 Å². The molecule has 1 aromatic carbocycles. The standard InChI is InChI=1S/C14H10BrCl2F2N4O4PS/c15-9-3-7(1-2-8(9)14(18,19)28(24,25)26)5-29-13-22-21-10(27-13)4-23-6-20-11(16)12(23)17/h1-3,6H,4-5H2,(H2,24,25,26). The molecule has 0 spiro atoms. The fourth-order valence-electron chi connectivity index (χ4n) is 2.15. The fraction of sp³-hybridized carbons (Fsp3) is 0.214. The van der Waals surface area contributed by atoms with E-state index >= 15 is 0 Å². The zero-order chi connectivity index (χ0) is 21.4. The van der Waals surface area contributed by atoms with Crippen LogP contribution in [0.4, 0.5) is 8.78 Å². The Hall–Kier alpha value is -1.01. The summed E-state index contributed by atoms with van der Waals surface area (Å²) in [4.78, 5) is 21.6. The summed E-state index contributed by atoms with van der Waals surface area (Å²) in [5, 5.41) is 8.38. The molecule has 29 heavy (non-hydrogen) atoms. The summed E-state index contributed by atoms with van der Waals surface area (Å²) in [6.07, 6.45) is 1.42. The highest BCUT2D eigenvalue weighted by Gasteiger charge is 2.51. The van der Waals surface area contributed by atoms with Crippen LogP contribution in [0, 0.1) is 0 Å². The number of hydrogen-bond donors (Lipinski definition) is 2. The van der Waals surface area contributed by atoms with Crippen molar-refractivity contribution in [1.82, 2.24) is 19.7 Å². The first-order valence-electron chi connectivity index (χ1n) is 7.52. The first-order chi connectivity index (χ1) is 13.5. The van der Waals surface area contributed by atoms with E-state index in [1.807, 2.05) is 0 Å². The molecule has 0 radical (unpaired) electrons. The number of halogens is 5. The Kier molecular flexibility index (Phi) is 6.74. The molecule has 0 fully saturated rings. The average Bonchev–Trinajstić information content (AvgIpc) is 3.20. The van der Waals surface area contributed by atoms with E-state index in [0.29, 0.717) is 11.3 Å². The summed E-state index contributed by atoms with van der Waals surface area (Å²) in [7, 11) is -5.65. The lowest BCUT2D eigenvalue weighted by Gasteiger charge is -2.19. The highest BCUT2D eigenvalue weighted by Crippen LogP contribution is 2.60. The molecule has 2 heterocycles. The van der Waals surface area contributed by atoms with E-state index in [2.05, 4.69) is 31.1 Å². The molecule has 0 aliphatic rings. The average molecular weight is 550 g/mol. The van der Waals surface area contributed by atoms with Gasteiger partial charge in [0, 0.05) is 15.8 Å². The largest absolute Gasteiger partial charge is 0.414 e. The minimum atomic E-state index is -5.65. The number of rotatable bonds is 7. The molecule has 3 rings (SSSR count). The van der Waals surface area contributed by atoms with Gasteiger partial charge in [0.15, 0.2) is 5.15 Å². The summed E-state index contributed by atoms with van der Waals surface area (Å²) in [6, 6.07) is 3.64. The van der Waals surface area contributed by atoms with Crippen LogP contribution in [0.5, 0.6) is 0 Å². The highest BCUT2D eigenvalue weighted by molar-refractivity contribution is 9.10. The van der Waals surface area contributed by atoms with Crippen LogP contribution in [-0.2, 0) is 22.5 Å². The Morgan fingerprint density at radius 2 is 2.03 bits per heavy atom. The maximum atomic E-state index is 13.9. The first-order valence-corrected chi connectivity index (χ1v) is 11.7. The van der Waals surface area contributed by atoms with Crippen molar-refractivity contribution in [3.05, 3.63) is 56.3 Å². The van der Waals surface area contributed by atoms with Crippen molar-refractivity contribution in [3.8, 4) is 0 Å². The number of aromatic nitrogens is 4. The zero-order valence-electron chi connectivity index (χ0n) is 14.0. The smallest absolute Gasteiger partial charge is 0.399 e. The van der Waals surface area contributed by atoms with Crippen LogP contribution in [0.2, 0.25) is 10.3 Å². The summed E-state index contributed by atoms with van der Waals surface area (Å²) >= 11 is 15.8. The molecule has 156 valence electrons. The molecular weight excluding hydrogens is 540 g/mol. The third-order valence-electron chi connectivity index (χ3n) is 3.57. The second-order valence-electron chi connectivity index (χ2n) is 5.60. The number of benzene rings is 1. The Bertz CT molecular complexity index is 1090. The van der Waals surface area contributed by atoms with Crippen LogP contribution in [0.1, 0.15) is 17.0 Å². The van der Waals surface area contributed by atoms with Crippen molar-refractivity contribution >= 4 is 58.5 Å². The number of hydrogen-bond acceptors (Lipinski definition) is 6. The van der Waals surface area contributed by atoms with Gasteiger partial charge in [-0.25, -0.2) is 4.98 Å². The van der Waals surface area contributed by atoms with Crippen molar-refractivity contribution in [2.45, 2.75) is 23.2 Å². The van der Waals surface area contributed by atoms with Crippen LogP contribution in [0.3, 0.4) is 0 Å². The second-order valence-corrected chi connectivity index (χ2v) is 9.75. The third-order valence-corrected chi connectivity index (χ3v) is 6.86. The van der Waals surface area contributed by atoms with E-state index in [1.54, 1.807) is 0 Å². The Morgan fingerprint density at radius 1 is 1.31 bits per heavy atom. The Morgan fingerprint density at radius 3 is 2.62 bits per heavy atom. The molecule has 0 unspecified atom stereocenters. The van der Waals surface area contributed by atoms with Gasteiger partial charge in [0.2, 0.25) is 5.89 Å². The summed E-state index contributed by atoms with van der Waals surface area (Å²) in [5.41, 5.74) is -4.50. The van der Waals surface area contributed by atoms with E-state index in [0.717, 1.165) is 17.8 Å². The maximum Gasteiger partial charge on any atom is 0.399 e. The van der Waals surface area contributed by atoms with Crippen LogP contribution >= 0.6 is 58.5 Å². The molecule has 2 aromatic heterocycles. The van der Waals surface area contributed by atoms with Crippen LogP contribution in [0.25, 0.3) is 0 Å². The molecule has 0 aliphatic heterocycles. The van der Waals surface area contributed by atoms with Crippen LogP contribution in [-0.4, -0.2) is 29.5 Å². The first kappa shape index (κ1) is 22.7. The predicted octanol–water partition coefficient (Wildman–Crippen LogP) is 4.90. The van der Waals surface area contributed by atoms with Gasteiger partial charge in [-0.3, -0.25) is 4.57 Å². The molecule has 0 saturated heterocycles. The van der Waals surface area contributed by atoms with E-state index in [1.165, 1.54) is 23.0 Å². The van der Waals surface area contributed by atoms with Gasteiger partial charge in [0.05, 0.1) is 6.33 Å². The molecule has 0 amide bonds. The van der Waals surface area contributed by atoms with Gasteiger partial charge >= 0.3 is 13.3 Å². The van der Waals surface area contributed by atoms with Gasteiger partial charge in [-0.1, -0.05) is 63.0 Å². The monoisotopic (exact) mass is 548 g/mol. The highest BCUT2D eigenvalue weighted by atomic mass is 79.9. The lowest BCUT2D eigenvalue weighted by Crippen LogP contribution is -2.14. The summed E-state index contributed by atoms with van der Waals surface area (Å²) in [5.74, 6) is 0.556.